The van der Waals surface area contributed by atoms with E-state index in [1.165, 1.54) is 0 Å². The number of likely N-dealkylation sites (tertiary alicyclic amines) is 1. The number of hydrogen-bond acceptors (Lipinski definition) is 4. The van der Waals surface area contributed by atoms with Crippen LogP contribution in [0.5, 0.6) is 11.5 Å². The fourth-order valence-electron chi connectivity index (χ4n) is 2.78. The van der Waals surface area contributed by atoms with Gasteiger partial charge >= 0.3 is 0 Å². The summed E-state index contributed by atoms with van der Waals surface area (Å²) >= 11 is 0. The second-order valence-electron chi connectivity index (χ2n) is 5.40. The number of methoxy groups -OCH3 is 2. The van der Waals surface area contributed by atoms with Crippen molar-refractivity contribution in [2.24, 2.45) is 0 Å². The van der Waals surface area contributed by atoms with Crippen LogP contribution >= 0.6 is 12.4 Å². The first-order valence-corrected chi connectivity index (χ1v) is 7.29. The number of hydrogen-bond donors (Lipinski definition) is 1. The lowest BCUT2D eigenvalue weighted by atomic mass is 10.0. The molecule has 1 aliphatic rings. The third-order valence-electron chi connectivity index (χ3n) is 4.08. The molecule has 1 atom stereocenters. The largest absolute Gasteiger partial charge is 0.493 e. The molecule has 0 aliphatic carbocycles. The Morgan fingerprint density at radius 1 is 1.27 bits per heavy atom. The molecule has 0 spiro atoms. The predicted octanol–water partition coefficient (Wildman–Crippen LogP) is 2.26. The number of ether oxygens (including phenoxy) is 2. The Kier molecular flexibility index (Phi) is 6.97. The van der Waals surface area contributed by atoms with Gasteiger partial charge in [-0.2, -0.15) is 0 Å². The van der Waals surface area contributed by atoms with Gasteiger partial charge in [-0.1, -0.05) is 0 Å². The summed E-state index contributed by atoms with van der Waals surface area (Å²) in [5.74, 6) is 1.31. The third kappa shape index (κ3) is 3.84. The molecule has 1 aromatic rings. The molecule has 0 saturated carbocycles. The highest BCUT2D eigenvalue weighted by Crippen LogP contribution is 2.31. The van der Waals surface area contributed by atoms with Crippen molar-refractivity contribution >= 4 is 18.3 Å². The number of nitrogens with zero attached hydrogens (tertiary/aromatic N) is 1. The topological polar surface area (TPSA) is 50.8 Å². The standard InChI is InChI=1S/C16H24N2O3.ClH/c1-11-8-14(20-3)15(21-4)9-13(11)16(19)18-7-5-6-12(10-18)17-2;/h8-9,12,17H,5-7,10H2,1-4H3;1H. The van der Waals surface area contributed by atoms with E-state index in [9.17, 15) is 4.79 Å². The lowest BCUT2D eigenvalue weighted by molar-refractivity contribution is 0.0697. The number of halogens is 1. The molecule has 1 saturated heterocycles. The van der Waals surface area contributed by atoms with Gasteiger partial charge < -0.3 is 19.7 Å². The van der Waals surface area contributed by atoms with Crippen molar-refractivity contribution in [3.8, 4) is 11.5 Å². The van der Waals surface area contributed by atoms with Gasteiger partial charge in [0.15, 0.2) is 11.5 Å². The molecule has 2 rings (SSSR count). The number of carbonyl (C=O) groups excluding carboxylic acids is 1. The molecule has 22 heavy (non-hydrogen) atoms. The number of nitrogens with one attached hydrogen (secondary N) is 1. The fourth-order valence-corrected chi connectivity index (χ4v) is 2.78. The fraction of sp³-hybridized carbons (Fsp3) is 0.562. The predicted molar refractivity (Wildman–Crippen MR) is 89.5 cm³/mol. The van der Waals surface area contributed by atoms with Crippen LogP contribution in [0.4, 0.5) is 0 Å². The Hall–Kier alpha value is -1.46. The second kappa shape index (κ2) is 8.25. The van der Waals surface area contributed by atoms with E-state index in [1.807, 2.05) is 24.9 Å². The van der Waals surface area contributed by atoms with Crippen LogP contribution in [0.1, 0.15) is 28.8 Å². The van der Waals surface area contributed by atoms with Crippen molar-refractivity contribution in [1.82, 2.24) is 10.2 Å². The van der Waals surface area contributed by atoms with Gasteiger partial charge in [0.25, 0.3) is 5.91 Å². The number of carbonyl (C=O) groups is 1. The van der Waals surface area contributed by atoms with Crippen molar-refractivity contribution in [2.75, 3.05) is 34.4 Å². The van der Waals surface area contributed by atoms with Gasteiger partial charge in [0.1, 0.15) is 0 Å². The minimum atomic E-state index is 0. The molecule has 0 bridgehead atoms. The highest BCUT2D eigenvalue weighted by Gasteiger charge is 2.25. The minimum Gasteiger partial charge on any atom is -0.493 e. The van der Waals surface area contributed by atoms with E-state index < -0.39 is 0 Å². The molecule has 1 amide bonds. The lowest BCUT2D eigenvalue weighted by Gasteiger charge is -2.33. The Labute approximate surface area is 138 Å². The van der Waals surface area contributed by atoms with Gasteiger partial charge in [0.05, 0.1) is 14.2 Å². The van der Waals surface area contributed by atoms with Gasteiger partial charge in [-0.3, -0.25) is 4.79 Å². The molecule has 0 aromatic heterocycles. The Bertz CT molecular complexity index is 522. The molecule has 1 unspecified atom stereocenters. The zero-order valence-electron chi connectivity index (χ0n) is 13.6. The van der Waals surface area contributed by atoms with Crippen LogP contribution < -0.4 is 14.8 Å². The Morgan fingerprint density at radius 2 is 1.91 bits per heavy atom. The van der Waals surface area contributed by atoms with E-state index in [0.717, 1.165) is 31.5 Å². The van der Waals surface area contributed by atoms with Gasteiger partial charge in [-0.25, -0.2) is 0 Å². The molecule has 0 radical (unpaired) electrons. The number of piperidine rings is 1. The molecular formula is C16H25ClN2O3. The van der Waals surface area contributed by atoms with Crippen molar-refractivity contribution < 1.29 is 14.3 Å². The van der Waals surface area contributed by atoms with Gasteiger partial charge in [0, 0.05) is 24.7 Å². The summed E-state index contributed by atoms with van der Waals surface area (Å²) in [6.45, 7) is 3.49. The molecule has 1 aromatic carbocycles. The second-order valence-corrected chi connectivity index (χ2v) is 5.40. The van der Waals surface area contributed by atoms with Crippen molar-refractivity contribution in [3.63, 3.8) is 0 Å². The molecule has 5 nitrogen and oxygen atoms in total. The van der Waals surface area contributed by atoms with E-state index in [2.05, 4.69) is 5.32 Å². The van der Waals surface area contributed by atoms with E-state index >= 15 is 0 Å². The smallest absolute Gasteiger partial charge is 0.254 e. The first-order chi connectivity index (χ1) is 10.1. The number of aryl methyl sites for hydroxylation is 1. The number of likely N-dealkylation sites (N-methyl/N-ethyl adjacent to an activating group) is 1. The summed E-state index contributed by atoms with van der Waals surface area (Å²) in [7, 11) is 5.13. The zero-order valence-corrected chi connectivity index (χ0v) is 14.5. The molecule has 124 valence electrons. The molecule has 6 heteroatoms. The minimum absolute atomic E-state index is 0. The summed E-state index contributed by atoms with van der Waals surface area (Å²) in [6.07, 6.45) is 2.15. The Morgan fingerprint density at radius 3 is 2.50 bits per heavy atom. The SMILES string of the molecule is CNC1CCCN(C(=O)c2cc(OC)c(OC)cc2C)C1.Cl. The van der Waals surface area contributed by atoms with Crippen LogP contribution in [0.2, 0.25) is 0 Å². The number of amides is 1. The number of benzene rings is 1. The summed E-state index contributed by atoms with van der Waals surface area (Å²) in [5, 5.41) is 3.26. The molecule has 1 aliphatic heterocycles. The van der Waals surface area contributed by atoms with E-state index in [0.29, 0.717) is 23.1 Å². The lowest BCUT2D eigenvalue weighted by Crippen LogP contribution is -2.47. The zero-order chi connectivity index (χ0) is 15.4. The van der Waals surface area contributed by atoms with Crippen LogP contribution in [0.3, 0.4) is 0 Å². The summed E-state index contributed by atoms with van der Waals surface area (Å²) < 4.78 is 10.6. The van der Waals surface area contributed by atoms with E-state index in [-0.39, 0.29) is 18.3 Å². The van der Waals surface area contributed by atoms with E-state index in [1.54, 1.807) is 20.3 Å². The Balaban J connectivity index is 0.00000242. The molecule has 1 N–H and O–H groups in total. The van der Waals surface area contributed by atoms with Crippen LogP contribution in [-0.4, -0.2) is 51.2 Å². The first kappa shape index (κ1) is 18.6. The van der Waals surface area contributed by atoms with Crippen LogP contribution in [0, 0.1) is 6.92 Å². The first-order valence-electron chi connectivity index (χ1n) is 7.29. The monoisotopic (exact) mass is 328 g/mol. The van der Waals surface area contributed by atoms with Crippen LogP contribution in [-0.2, 0) is 0 Å². The van der Waals surface area contributed by atoms with Crippen molar-refractivity contribution in [2.45, 2.75) is 25.8 Å². The summed E-state index contributed by atoms with van der Waals surface area (Å²) in [4.78, 5) is 14.7. The van der Waals surface area contributed by atoms with Crippen LogP contribution in [0.25, 0.3) is 0 Å². The average Bonchev–Trinajstić information content (AvgIpc) is 2.53. The third-order valence-corrected chi connectivity index (χ3v) is 4.08. The highest BCUT2D eigenvalue weighted by atomic mass is 35.5. The maximum Gasteiger partial charge on any atom is 0.254 e. The maximum absolute atomic E-state index is 12.8. The number of rotatable bonds is 4. The normalized spacial score (nSPS) is 17.6. The maximum atomic E-state index is 12.8. The van der Waals surface area contributed by atoms with Crippen molar-refractivity contribution in [1.29, 1.82) is 0 Å². The van der Waals surface area contributed by atoms with Gasteiger partial charge in [0.2, 0.25) is 0 Å². The van der Waals surface area contributed by atoms with Gasteiger partial charge in [-0.05, 0) is 44.5 Å². The summed E-state index contributed by atoms with van der Waals surface area (Å²) in [6, 6.07) is 4.01. The quantitative estimate of drug-likeness (QED) is 0.921. The summed E-state index contributed by atoms with van der Waals surface area (Å²) in [5.41, 5.74) is 1.59. The average molecular weight is 329 g/mol. The van der Waals surface area contributed by atoms with Gasteiger partial charge in [-0.15, -0.1) is 12.4 Å². The highest BCUT2D eigenvalue weighted by molar-refractivity contribution is 5.96. The van der Waals surface area contributed by atoms with Crippen LogP contribution in [0.15, 0.2) is 12.1 Å². The molecular weight excluding hydrogens is 304 g/mol. The molecule has 1 heterocycles. The van der Waals surface area contributed by atoms with E-state index in [4.69, 9.17) is 9.47 Å². The van der Waals surface area contributed by atoms with Crippen molar-refractivity contribution in [3.05, 3.63) is 23.3 Å². The molecule has 1 fully saturated rings.